The van der Waals surface area contributed by atoms with Crippen LogP contribution in [0.15, 0.2) is 0 Å². The molecule has 0 spiro atoms. The maximum Gasteiger partial charge on any atom is 0.288 e. The van der Waals surface area contributed by atoms with Crippen molar-refractivity contribution in [2.75, 3.05) is 0 Å². The molecule has 0 radical (unpaired) electrons. The fourth-order valence-corrected chi connectivity index (χ4v) is 2.25. The minimum Gasteiger partial charge on any atom is -0.368 e. The molecule has 0 aromatic rings. The lowest BCUT2D eigenvalue weighted by Gasteiger charge is -2.26. The molecule has 0 bridgehead atoms. The Morgan fingerprint density at radius 3 is 2.28 bits per heavy atom. The number of nitrogens with one attached hydrogen (secondary N) is 1. The van der Waals surface area contributed by atoms with E-state index in [2.05, 4.69) is 5.32 Å². The van der Waals surface area contributed by atoms with E-state index in [0.717, 1.165) is 19.3 Å². The molecule has 1 unspecified atom stereocenters. The van der Waals surface area contributed by atoms with Crippen LogP contribution in [-0.2, 0) is 14.4 Å². The van der Waals surface area contributed by atoms with Crippen LogP contribution in [-0.4, -0.2) is 23.1 Å². The van der Waals surface area contributed by atoms with Crippen LogP contribution >= 0.6 is 0 Å². The van der Waals surface area contributed by atoms with Gasteiger partial charge in [-0.3, -0.25) is 14.4 Å². The van der Waals surface area contributed by atoms with Gasteiger partial charge in [0.2, 0.25) is 11.7 Å². The number of Topliss-reactive ketones (excluding diaryl/α,β-unsaturated/α-hetero) is 1. The lowest BCUT2D eigenvalue weighted by molar-refractivity contribution is -0.141. The van der Waals surface area contributed by atoms with E-state index in [4.69, 9.17) is 5.73 Å². The van der Waals surface area contributed by atoms with Crippen LogP contribution in [0.25, 0.3) is 0 Å². The number of ketones is 1. The molecule has 18 heavy (non-hydrogen) atoms. The molecule has 0 saturated heterocycles. The van der Waals surface area contributed by atoms with Gasteiger partial charge in [-0.25, -0.2) is 0 Å². The molecule has 5 nitrogen and oxygen atoms in total. The maximum atomic E-state index is 11.8. The number of amides is 2. The van der Waals surface area contributed by atoms with Crippen molar-refractivity contribution in [2.45, 2.75) is 57.9 Å². The molecule has 2 amide bonds. The molecular weight excluding hydrogens is 232 g/mol. The first-order chi connectivity index (χ1) is 8.41. The van der Waals surface area contributed by atoms with Crippen LogP contribution < -0.4 is 11.1 Å². The second-order valence-corrected chi connectivity index (χ2v) is 5.25. The fraction of sp³-hybridized carbons (Fsp3) is 0.769. The van der Waals surface area contributed by atoms with Crippen molar-refractivity contribution >= 4 is 17.6 Å². The van der Waals surface area contributed by atoms with Gasteiger partial charge in [0.15, 0.2) is 0 Å². The maximum absolute atomic E-state index is 11.8. The molecule has 1 aliphatic rings. The third kappa shape index (κ3) is 3.31. The average Bonchev–Trinajstić information content (AvgIpc) is 2.78. The lowest BCUT2D eigenvalue weighted by atomic mass is 9.95. The van der Waals surface area contributed by atoms with E-state index < -0.39 is 23.1 Å². The van der Waals surface area contributed by atoms with Gasteiger partial charge in [0, 0.05) is 6.42 Å². The molecule has 5 heteroatoms. The summed E-state index contributed by atoms with van der Waals surface area (Å²) in [7, 11) is 0. The lowest BCUT2D eigenvalue weighted by Crippen LogP contribution is -2.57. The Bertz CT molecular complexity index is 346. The first-order valence-corrected chi connectivity index (χ1v) is 6.56. The van der Waals surface area contributed by atoms with Crippen molar-refractivity contribution in [1.82, 2.24) is 5.32 Å². The fourth-order valence-electron chi connectivity index (χ4n) is 2.25. The van der Waals surface area contributed by atoms with E-state index in [0.29, 0.717) is 12.8 Å². The normalized spacial score (nSPS) is 19.2. The van der Waals surface area contributed by atoms with E-state index in [1.54, 1.807) is 0 Å². The predicted molar refractivity (Wildman–Crippen MR) is 67.6 cm³/mol. The predicted octanol–water partition coefficient (Wildman–Crippen LogP) is 0.906. The van der Waals surface area contributed by atoms with Gasteiger partial charge in [-0.2, -0.15) is 0 Å². The summed E-state index contributed by atoms with van der Waals surface area (Å²) in [6.45, 7) is 3.89. The molecular formula is C13H22N2O3. The van der Waals surface area contributed by atoms with Crippen LogP contribution in [0.4, 0.5) is 0 Å². The summed E-state index contributed by atoms with van der Waals surface area (Å²) >= 11 is 0. The highest BCUT2D eigenvalue weighted by Gasteiger charge is 2.41. The molecule has 1 rings (SSSR count). The van der Waals surface area contributed by atoms with Crippen molar-refractivity contribution in [1.29, 1.82) is 0 Å². The van der Waals surface area contributed by atoms with Gasteiger partial charge < -0.3 is 11.1 Å². The Kier molecular flexibility index (Phi) is 4.87. The molecule has 3 N–H and O–H groups in total. The Balaban J connectivity index is 2.62. The minimum absolute atomic E-state index is 0.177. The van der Waals surface area contributed by atoms with Crippen molar-refractivity contribution in [3.05, 3.63) is 0 Å². The topological polar surface area (TPSA) is 89.3 Å². The monoisotopic (exact) mass is 254 g/mol. The number of nitrogens with two attached hydrogens (primary N) is 1. The highest BCUT2D eigenvalue weighted by atomic mass is 16.2. The molecule has 0 heterocycles. The Morgan fingerprint density at radius 1 is 1.28 bits per heavy atom. The molecule has 1 fully saturated rings. The van der Waals surface area contributed by atoms with E-state index in [1.807, 2.05) is 13.8 Å². The number of hydrogen-bond donors (Lipinski definition) is 2. The smallest absolute Gasteiger partial charge is 0.288 e. The minimum atomic E-state index is -0.998. The first-order valence-electron chi connectivity index (χ1n) is 6.56. The van der Waals surface area contributed by atoms with Crippen molar-refractivity contribution in [3.8, 4) is 0 Å². The SMILES string of the molecule is CCC(C)CC(=O)C(=O)NC1(C(N)=O)CCCC1. The number of carbonyl (C=O) groups excluding carboxylic acids is 3. The highest BCUT2D eigenvalue weighted by molar-refractivity contribution is 6.36. The van der Waals surface area contributed by atoms with E-state index in [-0.39, 0.29) is 12.3 Å². The van der Waals surface area contributed by atoms with Crippen molar-refractivity contribution < 1.29 is 14.4 Å². The zero-order valence-electron chi connectivity index (χ0n) is 11.1. The van der Waals surface area contributed by atoms with E-state index >= 15 is 0 Å². The number of rotatable bonds is 6. The standard InChI is InChI=1S/C13H22N2O3/c1-3-9(2)8-10(16)11(17)15-13(12(14)18)6-4-5-7-13/h9H,3-8H2,1-2H3,(H2,14,18)(H,15,17). The van der Waals surface area contributed by atoms with Crippen molar-refractivity contribution in [3.63, 3.8) is 0 Å². The van der Waals surface area contributed by atoms with Gasteiger partial charge >= 0.3 is 0 Å². The van der Waals surface area contributed by atoms with Gasteiger partial charge in [0.05, 0.1) is 0 Å². The number of hydrogen-bond acceptors (Lipinski definition) is 3. The number of carbonyl (C=O) groups is 3. The van der Waals surface area contributed by atoms with Gasteiger partial charge in [-0.1, -0.05) is 33.1 Å². The summed E-state index contributed by atoms with van der Waals surface area (Å²) in [5.41, 5.74) is 4.35. The molecule has 0 aliphatic heterocycles. The quantitative estimate of drug-likeness (QED) is 0.690. The largest absolute Gasteiger partial charge is 0.368 e. The third-order valence-corrected chi connectivity index (χ3v) is 3.77. The molecule has 0 aromatic carbocycles. The first kappa shape index (κ1) is 14.7. The van der Waals surface area contributed by atoms with Crippen LogP contribution in [0, 0.1) is 5.92 Å². The molecule has 0 aromatic heterocycles. The third-order valence-electron chi connectivity index (χ3n) is 3.77. The average molecular weight is 254 g/mol. The van der Waals surface area contributed by atoms with E-state index in [1.165, 1.54) is 0 Å². The van der Waals surface area contributed by atoms with Crippen LogP contribution in [0.1, 0.15) is 52.4 Å². The van der Waals surface area contributed by atoms with Crippen LogP contribution in [0.3, 0.4) is 0 Å². The van der Waals surface area contributed by atoms with Crippen molar-refractivity contribution in [2.24, 2.45) is 11.7 Å². The zero-order chi connectivity index (χ0) is 13.8. The van der Waals surface area contributed by atoms with Gasteiger partial charge in [0.1, 0.15) is 5.54 Å². The molecule has 1 saturated carbocycles. The second kappa shape index (κ2) is 5.98. The number of primary amides is 1. The van der Waals surface area contributed by atoms with Gasteiger partial charge in [0.25, 0.3) is 5.91 Å². The summed E-state index contributed by atoms with van der Waals surface area (Å²) in [6.07, 6.45) is 3.83. The van der Waals surface area contributed by atoms with Crippen LogP contribution in [0.2, 0.25) is 0 Å². The van der Waals surface area contributed by atoms with Gasteiger partial charge in [-0.05, 0) is 18.8 Å². The summed E-state index contributed by atoms with van der Waals surface area (Å²) in [4.78, 5) is 34.9. The van der Waals surface area contributed by atoms with Crippen LogP contribution in [0.5, 0.6) is 0 Å². The zero-order valence-corrected chi connectivity index (χ0v) is 11.1. The molecule has 1 atom stereocenters. The molecule has 102 valence electrons. The Labute approximate surface area is 107 Å². The van der Waals surface area contributed by atoms with E-state index in [9.17, 15) is 14.4 Å². The van der Waals surface area contributed by atoms with Gasteiger partial charge in [-0.15, -0.1) is 0 Å². The Hall–Kier alpha value is -1.39. The molecule has 1 aliphatic carbocycles. The summed E-state index contributed by atoms with van der Waals surface area (Å²) in [5, 5.41) is 2.56. The summed E-state index contributed by atoms with van der Waals surface area (Å²) < 4.78 is 0. The highest BCUT2D eigenvalue weighted by Crippen LogP contribution is 2.29. The Morgan fingerprint density at radius 2 is 1.83 bits per heavy atom. The summed E-state index contributed by atoms with van der Waals surface area (Å²) in [5.74, 6) is -1.49. The summed E-state index contributed by atoms with van der Waals surface area (Å²) in [6, 6.07) is 0. The second-order valence-electron chi connectivity index (χ2n) is 5.25.